The van der Waals surface area contributed by atoms with Crippen LogP contribution in [0.15, 0.2) is 28.9 Å². The van der Waals surface area contributed by atoms with Crippen molar-refractivity contribution in [1.29, 1.82) is 0 Å². The molecule has 0 radical (unpaired) electrons. The average molecular weight is 165 g/mol. The van der Waals surface area contributed by atoms with Crippen molar-refractivity contribution in [3.63, 3.8) is 0 Å². The van der Waals surface area contributed by atoms with E-state index in [0.717, 1.165) is 16.9 Å². The van der Waals surface area contributed by atoms with Gasteiger partial charge in [0, 0.05) is 0 Å². The number of aryl methyl sites for hydroxylation is 1. The Labute approximate surface area is 73.3 Å². The second-order valence-electron chi connectivity index (χ2n) is 3.04. The van der Waals surface area contributed by atoms with Gasteiger partial charge in [0.2, 0.25) is 0 Å². The van der Waals surface area contributed by atoms with Gasteiger partial charge in [-0.3, -0.25) is 0 Å². The lowest BCUT2D eigenvalue weighted by Gasteiger charge is -2.13. The Kier molecular flexibility index (Phi) is 2.71. The van der Waals surface area contributed by atoms with Gasteiger partial charge in [0.05, 0.1) is 12.3 Å². The lowest BCUT2D eigenvalue weighted by atomic mass is 10.1. The summed E-state index contributed by atoms with van der Waals surface area (Å²) >= 11 is 0. The van der Waals surface area contributed by atoms with Crippen molar-refractivity contribution in [3.8, 4) is 0 Å². The van der Waals surface area contributed by atoms with E-state index >= 15 is 0 Å². The van der Waals surface area contributed by atoms with Gasteiger partial charge in [-0.2, -0.15) is 0 Å². The van der Waals surface area contributed by atoms with Gasteiger partial charge in [0.15, 0.2) is 0 Å². The number of likely N-dealkylation sites (N-methyl/N-ethyl adjacent to an activating group) is 1. The molecule has 1 unspecified atom stereocenters. The van der Waals surface area contributed by atoms with Crippen molar-refractivity contribution in [2.45, 2.75) is 19.9 Å². The van der Waals surface area contributed by atoms with Crippen LogP contribution in [-0.4, -0.2) is 7.05 Å². The van der Waals surface area contributed by atoms with Gasteiger partial charge in [-0.1, -0.05) is 12.2 Å². The first-order chi connectivity index (χ1) is 5.66. The van der Waals surface area contributed by atoms with Gasteiger partial charge < -0.3 is 9.73 Å². The zero-order chi connectivity index (χ0) is 9.14. The Bertz CT molecular complexity index is 275. The van der Waals surface area contributed by atoms with E-state index in [4.69, 9.17) is 4.42 Å². The van der Waals surface area contributed by atoms with Gasteiger partial charge in [-0.25, -0.2) is 0 Å². The third-order valence-electron chi connectivity index (χ3n) is 1.95. The van der Waals surface area contributed by atoms with Gasteiger partial charge in [-0.05, 0) is 32.5 Å². The van der Waals surface area contributed by atoms with Crippen LogP contribution >= 0.6 is 0 Å². The topological polar surface area (TPSA) is 25.2 Å². The van der Waals surface area contributed by atoms with Crippen molar-refractivity contribution in [2.24, 2.45) is 0 Å². The molecule has 1 N–H and O–H groups in total. The van der Waals surface area contributed by atoms with Gasteiger partial charge in [0.25, 0.3) is 0 Å². The summed E-state index contributed by atoms with van der Waals surface area (Å²) in [6, 6.07) is 2.10. The van der Waals surface area contributed by atoms with Crippen molar-refractivity contribution < 1.29 is 4.42 Å². The summed E-state index contributed by atoms with van der Waals surface area (Å²) in [6.07, 6.45) is 1.71. The third kappa shape index (κ3) is 1.59. The Morgan fingerprint density at radius 1 is 1.67 bits per heavy atom. The maximum absolute atomic E-state index is 5.36. The van der Waals surface area contributed by atoms with Crippen LogP contribution in [0.2, 0.25) is 0 Å². The monoisotopic (exact) mass is 165 g/mol. The highest BCUT2D eigenvalue weighted by Gasteiger charge is 2.14. The molecule has 0 amide bonds. The van der Waals surface area contributed by atoms with Crippen molar-refractivity contribution in [3.05, 3.63) is 35.8 Å². The second-order valence-corrected chi connectivity index (χ2v) is 3.04. The molecule has 1 atom stereocenters. The lowest BCUT2D eigenvalue weighted by molar-refractivity contribution is 0.457. The van der Waals surface area contributed by atoms with Crippen LogP contribution in [0.4, 0.5) is 0 Å². The molecular formula is C10H15NO. The van der Waals surface area contributed by atoms with Crippen molar-refractivity contribution >= 4 is 0 Å². The molecule has 0 saturated carbocycles. The Hall–Kier alpha value is -1.02. The molecule has 0 saturated heterocycles. The van der Waals surface area contributed by atoms with Crippen LogP contribution in [0.1, 0.15) is 24.3 Å². The normalized spacial score (nSPS) is 12.9. The van der Waals surface area contributed by atoms with Crippen molar-refractivity contribution in [1.82, 2.24) is 5.32 Å². The number of furan rings is 1. The molecule has 2 heteroatoms. The highest BCUT2D eigenvalue weighted by atomic mass is 16.3. The van der Waals surface area contributed by atoms with Crippen LogP contribution in [-0.2, 0) is 0 Å². The van der Waals surface area contributed by atoms with Gasteiger partial charge in [-0.15, -0.1) is 0 Å². The molecule has 12 heavy (non-hydrogen) atoms. The summed E-state index contributed by atoms with van der Waals surface area (Å²) < 4.78 is 5.36. The molecule has 1 heterocycles. The molecule has 66 valence electrons. The molecule has 0 bridgehead atoms. The minimum Gasteiger partial charge on any atom is -0.467 e. The fraction of sp³-hybridized carbons (Fsp3) is 0.400. The Morgan fingerprint density at radius 2 is 2.33 bits per heavy atom. The predicted molar refractivity (Wildman–Crippen MR) is 50.1 cm³/mol. The number of hydrogen-bond donors (Lipinski definition) is 1. The SMILES string of the molecule is C=C(C)C(NC)c1occc1C. The van der Waals surface area contributed by atoms with Crippen LogP contribution in [0.5, 0.6) is 0 Å². The fourth-order valence-electron chi connectivity index (χ4n) is 1.28. The molecule has 2 nitrogen and oxygen atoms in total. The Morgan fingerprint density at radius 3 is 2.67 bits per heavy atom. The number of nitrogens with one attached hydrogen (secondary N) is 1. The zero-order valence-corrected chi connectivity index (χ0v) is 7.85. The summed E-state index contributed by atoms with van der Waals surface area (Å²) in [5.74, 6) is 0.963. The van der Waals surface area contributed by atoms with E-state index in [1.54, 1.807) is 6.26 Å². The van der Waals surface area contributed by atoms with E-state index in [1.807, 2.05) is 27.0 Å². The lowest BCUT2D eigenvalue weighted by Crippen LogP contribution is -2.17. The van der Waals surface area contributed by atoms with Crippen molar-refractivity contribution in [2.75, 3.05) is 7.05 Å². The second kappa shape index (κ2) is 3.59. The summed E-state index contributed by atoms with van der Waals surface area (Å²) in [4.78, 5) is 0. The summed E-state index contributed by atoms with van der Waals surface area (Å²) in [7, 11) is 1.90. The number of rotatable bonds is 3. The molecule has 0 aliphatic heterocycles. The molecule has 0 fully saturated rings. The maximum atomic E-state index is 5.36. The standard InChI is InChI=1S/C10H15NO/c1-7(2)9(11-4)10-8(3)5-6-12-10/h5-6,9,11H,1H2,2-4H3. The molecule has 1 rings (SSSR count). The molecular weight excluding hydrogens is 150 g/mol. The molecule has 1 aromatic rings. The van der Waals surface area contributed by atoms with Gasteiger partial charge >= 0.3 is 0 Å². The quantitative estimate of drug-likeness (QED) is 0.696. The van der Waals surface area contributed by atoms with Crippen LogP contribution < -0.4 is 5.32 Å². The summed E-state index contributed by atoms with van der Waals surface area (Å²) in [6.45, 7) is 7.92. The minimum atomic E-state index is 0.139. The van der Waals surface area contributed by atoms with E-state index in [1.165, 1.54) is 0 Å². The van der Waals surface area contributed by atoms with E-state index in [0.29, 0.717) is 0 Å². The first-order valence-corrected chi connectivity index (χ1v) is 4.03. The van der Waals surface area contributed by atoms with E-state index < -0.39 is 0 Å². The van der Waals surface area contributed by atoms with Crippen LogP contribution in [0.25, 0.3) is 0 Å². The van der Waals surface area contributed by atoms with Gasteiger partial charge in [0.1, 0.15) is 5.76 Å². The molecule has 0 aliphatic rings. The largest absolute Gasteiger partial charge is 0.467 e. The van der Waals surface area contributed by atoms with Crippen LogP contribution in [0, 0.1) is 6.92 Å². The molecule has 1 aromatic heterocycles. The first-order valence-electron chi connectivity index (χ1n) is 4.03. The van der Waals surface area contributed by atoms with Crippen LogP contribution in [0.3, 0.4) is 0 Å². The third-order valence-corrected chi connectivity index (χ3v) is 1.95. The highest BCUT2D eigenvalue weighted by molar-refractivity contribution is 5.24. The fourth-order valence-corrected chi connectivity index (χ4v) is 1.28. The predicted octanol–water partition coefficient (Wildman–Crippen LogP) is 2.42. The summed E-state index contributed by atoms with van der Waals surface area (Å²) in [5.41, 5.74) is 2.23. The van der Waals surface area contributed by atoms with E-state index in [-0.39, 0.29) is 6.04 Å². The molecule has 0 aliphatic carbocycles. The smallest absolute Gasteiger partial charge is 0.127 e. The van der Waals surface area contributed by atoms with E-state index in [9.17, 15) is 0 Å². The van der Waals surface area contributed by atoms with E-state index in [2.05, 4.69) is 11.9 Å². The first kappa shape index (κ1) is 9.07. The minimum absolute atomic E-state index is 0.139. The summed E-state index contributed by atoms with van der Waals surface area (Å²) in [5, 5.41) is 3.15. The highest BCUT2D eigenvalue weighted by Crippen LogP contribution is 2.23. The zero-order valence-electron chi connectivity index (χ0n) is 7.85. The Balaban J connectivity index is 2.94. The maximum Gasteiger partial charge on any atom is 0.127 e. The molecule has 0 aromatic carbocycles. The average Bonchev–Trinajstić information content (AvgIpc) is 2.38. The number of hydrogen-bond acceptors (Lipinski definition) is 2. The molecule has 0 spiro atoms.